The molecule has 0 saturated heterocycles. The minimum absolute atomic E-state index is 0.00634. The maximum atomic E-state index is 12.3. The summed E-state index contributed by atoms with van der Waals surface area (Å²) in [7, 11) is 0. The van der Waals surface area contributed by atoms with E-state index >= 15 is 0 Å². The predicted molar refractivity (Wildman–Crippen MR) is 80.0 cm³/mol. The Morgan fingerprint density at radius 2 is 1.85 bits per heavy atom. The molecule has 3 atom stereocenters. The summed E-state index contributed by atoms with van der Waals surface area (Å²) < 4.78 is 0. The zero-order valence-corrected chi connectivity index (χ0v) is 13.0. The summed E-state index contributed by atoms with van der Waals surface area (Å²) in [6, 6.07) is -0.456. The highest BCUT2D eigenvalue weighted by Gasteiger charge is 2.31. The molecule has 1 aliphatic rings. The van der Waals surface area contributed by atoms with Gasteiger partial charge in [-0.25, -0.2) is 0 Å². The fourth-order valence-electron chi connectivity index (χ4n) is 3.03. The molecule has 0 bridgehead atoms. The first-order valence-corrected chi connectivity index (χ1v) is 7.84. The second kappa shape index (κ2) is 8.25. The van der Waals surface area contributed by atoms with Crippen molar-refractivity contribution >= 4 is 11.8 Å². The van der Waals surface area contributed by atoms with Gasteiger partial charge in [0.2, 0.25) is 11.8 Å². The third-order valence-electron chi connectivity index (χ3n) is 4.35. The number of carbonyl (C=O) groups is 2. The first kappa shape index (κ1) is 17.0. The summed E-state index contributed by atoms with van der Waals surface area (Å²) >= 11 is 0. The SMILES string of the molecule is CCN(CC)C(=O)C(C)NC(=O)C1CCCCC1CN. The molecule has 1 aliphatic carbocycles. The average Bonchev–Trinajstić information content (AvgIpc) is 2.48. The summed E-state index contributed by atoms with van der Waals surface area (Å²) in [5.74, 6) is 0.219. The second-order valence-electron chi connectivity index (χ2n) is 5.63. The Morgan fingerprint density at radius 1 is 1.25 bits per heavy atom. The Bertz CT molecular complexity index is 329. The van der Waals surface area contributed by atoms with Crippen LogP contribution in [0.1, 0.15) is 46.5 Å². The molecule has 116 valence electrons. The lowest BCUT2D eigenvalue weighted by Gasteiger charge is -2.31. The summed E-state index contributed by atoms with van der Waals surface area (Å²) in [6.45, 7) is 7.55. The van der Waals surface area contributed by atoms with Crippen molar-refractivity contribution in [3.05, 3.63) is 0 Å². The number of carbonyl (C=O) groups excluding carboxylic acids is 2. The minimum atomic E-state index is -0.456. The summed E-state index contributed by atoms with van der Waals surface area (Å²) in [5.41, 5.74) is 5.76. The molecule has 0 heterocycles. The van der Waals surface area contributed by atoms with Crippen molar-refractivity contribution in [2.24, 2.45) is 17.6 Å². The van der Waals surface area contributed by atoms with Crippen LogP contribution in [-0.4, -0.2) is 42.4 Å². The summed E-state index contributed by atoms with van der Waals surface area (Å²) in [5, 5.41) is 2.88. The number of nitrogens with zero attached hydrogens (tertiary/aromatic N) is 1. The van der Waals surface area contributed by atoms with Gasteiger partial charge in [-0.2, -0.15) is 0 Å². The number of hydrogen-bond donors (Lipinski definition) is 2. The molecule has 0 spiro atoms. The largest absolute Gasteiger partial charge is 0.344 e. The molecule has 0 radical (unpaired) electrons. The molecule has 1 rings (SSSR count). The van der Waals surface area contributed by atoms with Gasteiger partial charge in [-0.3, -0.25) is 9.59 Å². The van der Waals surface area contributed by atoms with Crippen LogP contribution >= 0.6 is 0 Å². The smallest absolute Gasteiger partial charge is 0.244 e. The molecule has 1 saturated carbocycles. The molecule has 0 aliphatic heterocycles. The lowest BCUT2D eigenvalue weighted by atomic mass is 9.78. The van der Waals surface area contributed by atoms with Crippen molar-refractivity contribution in [2.75, 3.05) is 19.6 Å². The van der Waals surface area contributed by atoms with Crippen LogP contribution in [0.2, 0.25) is 0 Å². The van der Waals surface area contributed by atoms with Crippen molar-refractivity contribution < 1.29 is 9.59 Å². The first-order chi connectivity index (χ1) is 9.54. The van der Waals surface area contributed by atoms with Crippen LogP contribution in [-0.2, 0) is 9.59 Å². The van der Waals surface area contributed by atoms with Crippen LogP contribution in [0, 0.1) is 11.8 Å². The molecule has 5 nitrogen and oxygen atoms in total. The van der Waals surface area contributed by atoms with Gasteiger partial charge in [0.15, 0.2) is 0 Å². The zero-order chi connectivity index (χ0) is 15.1. The Balaban J connectivity index is 2.57. The maximum absolute atomic E-state index is 12.3. The van der Waals surface area contributed by atoms with E-state index in [0.29, 0.717) is 19.6 Å². The zero-order valence-electron chi connectivity index (χ0n) is 13.0. The third-order valence-corrected chi connectivity index (χ3v) is 4.35. The van der Waals surface area contributed by atoms with Crippen LogP contribution in [0.25, 0.3) is 0 Å². The number of nitrogens with one attached hydrogen (secondary N) is 1. The highest BCUT2D eigenvalue weighted by atomic mass is 16.2. The van der Waals surface area contributed by atoms with Gasteiger partial charge < -0.3 is 16.0 Å². The van der Waals surface area contributed by atoms with E-state index in [1.54, 1.807) is 11.8 Å². The van der Waals surface area contributed by atoms with Gasteiger partial charge in [-0.1, -0.05) is 12.8 Å². The summed E-state index contributed by atoms with van der Waals surface area (Å²) in [6.07, 6.45) is 4.14. The van der Waals surface area contributed by atoms with E-state index in [1.807, 2.05) is 13.8 Å². The van der Waals surface area contributed by atoms with E-state index in [4.69, 9.17) is 5.73 Å². The number of hydrogen-bond acceptors (Lipinski definition) is 3. The van der Waals surface area contributed by atoms with Gasteiger partial charge in [0.05, 0.1) is 0 Å². The molecule has 2 amide bonds. The van der Waals surface area contributed by atoms with E-state index in [2.05, 4.69) is 5.32 Å². The Labute approximate surface area is 122 Å². The molecule has 1 fully saturated rings. The van der Waals surface area contributed by atoms with Crippen molar-refractivity contribution in [1.29, 1.82) is 0 Å². The topological polar surface area (TPSA) is 75.4 Å². The molecular formula is C15H29N3O2. The number of amides is 2. The van der Waals surface area contributed by atoms with E-state index in [0.717, 1.165) is 25.7 Å². The summed E-state index contributed by atoms with van der Waals surface area (Å²) in [4.78, 5) is 26.2. The standard InChI is InChI=1S/C15H29N3O2/c1-4-18(5-2)15(20)11(3)17-14(19)13-9-7-6-8-12(13)10-16/h11-13H,4-10,16H2,1-3H3,(H,17,19). The molecule has 0 aromatic carbocycles. The number of likely N-dealkylation sites (N-methyl/N-ethyl adjacent to an activating group) is 1. The highest BCUT2D eigenvalue weighted by molar-refractivity contribution is 5.88. The molecule has 0 aromatic heterocycles. The second-order valence-corrected chi connectivity index (χ2v) is 5.63. The van der Waals surface area contributed by atoms with Crippen LogP contribution in [0.3, 0.4) is 0 Å². The van der Waals surface area contributed by atoms with Crippen molar-refractivity contribution in [1.82, 2.24) is 10.2 Å². The molecule has 20 heavy (non-hydrogen) atoms. The van der Waals surface area contributed by atoms with Crippen LogP contribution in [0.5, 0.6) is 0 Å². The third kappa shape index (κ3) is 4.20. The van der Waals surface area contributed by atoms with Gasteiger partial charge in [0, 0.05) is 19.0 Å². The van der Waals surface area contributed by atoms with Gasteiger partial charge in [0.1, 0.15) is 6.04 Å². The van der Waals surface area contributed by atoms with E-state index < -0.39 is 6.04 Å². The number of nitrogens with two attached hydrogens (primary N) is 1. The van der Waals surface area contributed by atoms with Crippen LogP contribution in [0.15, 0.2) is 0 Å². The van der Waals surface area contributed by atoms with Crippen molar-refractivity contribution in [3.8, 4) is 0 Å². The van der Waals surface area contributed by atoms with Gasteiger partial charge in [-0.05, 0) is 46.1 Å². The van der Waals surface area contributed by atoms with Gasteiger partial charge >= 0.3 is 0 Å². The number of rotatable bonds is 6. The molecular weight excluding hydrogens is 254 g/mol. The predicted octanol–water partition coefficient (Wildman–Crippen LogP) is 1.12. The van der Waals surface area contributed by atoms with Crippen LogP contribution < -0.4 is 11.1 Å². The Hall–Kier alpha value is -1.10. The minimum Gasteiger partial charge on any atom is -0.344 e. The molecule has 0 aromatic rings. The van der Waals surface area contributed by atoms with E-state index in [9.17, 15) is 9.59 Å². The lowest BCUT2D eigenvalue weighted by Crippen LogP contribution is -2.50. The van der Waals surface area contributed by atoms with Crippen LogP contribution in [0.4, 0.5) is 0 Å². The monoisotopic (exact) mass is 283 g/mol. The van der Waals surface area contributed by atoms with Crippen molar-refractivity contribution in [2.45, 2.75) is 52.5 Å². The maximum Gasteiger partial charge on any atom is 0.244 e. The van der Waals surface area contributed by atoms with Crippen molar-refractivity contribution in [3.63, 3.8) is 0 Å². The average molecular weight is 283 g/mol. The lowest BCUT2D eigenvalue weighted by molar-refractivity contribution is -0.137. The van der Waals surface area contributed by atoms with Gasteiger partial charge in [0.25, 0.3) is 0 Å². The van der Waals surface area contributed by atoms with Gasteiger partial charge in [-0.15, -0.1) is 0 Å². The Morgan fingerprint density at radius 3 is 2.40 bits per heavy atom. The molecule has 3 N–H and O–H groups in total. The first-order valence-electron chi connectivity index (χ1n) is 7.84. The normalized spacial score (nSPS) is 24.0. The van der Waals surface area contributed by atoms with E-state index in [-0.39, 0.29) is 23.7 Å². The van der Waals surface area contributed by atoms with E-state index in [1.165, 1.54) is 0 Å². The molecule has 3 unspecified atom stereocenters. The highest BCUT2D eigenvalue weighted by Crippen LogP contribution is 2.29. The Kier molecular flexibility index (Phi) is 6.99. The fourth-order valence-corrected chi connectivity index (χ4v) is 3.03. The fraction of sp³-hybridized carbons (Fsp3) is 0.867. The molecule has 5 heteroatoms. The quantitative estimate of drug-likeness (QED) is 0.767.